The predicted octanol–water partition coefficient (Wildman–Crippen LogP) is 2.20. The van der Waals surface area contributed by atoms with Crippen molar-refractivity contribution in [3.05, 3.63) is 24.3 Å². The van der Waals surface area contributed by atoms with Gasteiger partial charge in [-0.25, -0.2) is 0 Å². The number of methoxy groups -OCH3 is 1. The van der Waals surface area contributed by atoms with E-state index in [0.717, 1.165) is 31.1 Å². The van der Waals surface area contributed by atoms with Crippen LogP contribution in [0.3, 0.4) is 0 Å². The third-order valence-electron chi connectivity index (χ3n) is 3.09. The Morgan fingerprint density at radius 2 is 2.00 bits per heavy atom. The molecule has 0 aliphatic carbocycles. The molecule has 1 rings (SSSR count). The van der Waals surface area contributed by atoms with Crippen LogP contribution in [0.25, 0.3) is 0 Å². The minimum absolute atomic E-state index is 0.183. The molecule has 19 heavy (non-hydrogen) atoms. The highest BCUT2D eigenvalue weighted by molar-refractivity contribution is 5.55. The van der Waals surface area contributed by atoms with Crippen LogP contribution < -0.4 is 10.2 Å². The van der Waals surface area contributed by atoms with Gasteiger partial charge in [0.1, 0.15) is 0 Å². The van der Waals surface area contributed by atoms with Gasteiger partial charge < -0.3 is 20.1 Å². The third-order valence-corrected chi connectivity index (χ3v) is 3.09. The van der Waals surface area contributed by atoms with Crippen LogP contribution >= 0.6 is 0 Å². The minimum atomic E-state index is 0.183. The highest BCUT2D eigenvalue weighted by Gasteiger charge is 2.04. The summed E-state index contributed by atoms with van der Waals surface area (Å²) in [5.41, 5.74) is 2.26. The maximum Gasteiger partial charge on any atom is 0.0606 e. The van der Waals surface area contributed by atoms with Crippen LogP contribution in [-0.2, 0) is 4.74 Å². The SMILES string of the molecule is CCN(CCO)c1ccc(NCC(C)COC)cc1. The number of rotatable bonds is 9. The van der Waals surface area contributed by atoms with Crippen molar-refractivity contribution in [1.29, 1.82) is 0 Å². The van der Waals surface area contributed by atoms with Crippen molar-refractivity contribution < 1.29 is 9.84 Å². The van der Waals surface area contributed by atoms with E-state index in [4.69, 9.17) is 9.84 Å². The maximum atomic E-state index is 9.01. The lowest BCUT2D eigenvalue weighted by molar-refractivity contribution is 0.164. The molecule has 0 aliphatic heterocycles. The molecule has 0 aliphatic rings. The lowest BCUT2D eigenvalue weighted by Gasteiger charge is -2.22. The van der Waals surface area contributed by atoms with Crippen molar-refractivity contribution in [2.75, 3.05) is 50.2 Å². The minimum Gasteiger partial charge on any atom is -0.395 e. The maximum absolute atomic E-state index is 9.01. The van der Waals surface area contributed by atoms with Crippen molar-refractivity contribution in [2.45, 2.75) is 13.8 Å². The van der Waals surface area contributed by atoms with Gasteiger partial charge in [-0.05, 0) is 37.1 Å². The van der Waals surface area contributed by atoms with Crippen molar-refractivity contribution in [3.63, 3.8) is 0 Å². The second kappa shape index (κ2) is 8.77. The number of aliphatic hydroxyl groups excluding tert-OH is 1. The summed E-state index contributed by atoms with van der Waals surface area (Å²) >= 11 is 0. The first-order valence-electron chi connectivity index (χ1n) is 6.90. The second-order valence-electron chi connectivity index (χ2n) is 4.79. The Morgan fingerprint density at radius 3 is 2.53 bits per heavy atom. The standard InChI is InChI=1S/C15H26N2O2/c1-4-17(9-10-18)15-7-5-14(6-8-15)16-11-13(2)12-19-3/h5-8,13,16,18H,4,9-12H2,1-3H3. The molecule has 1 aromatic carbocycles. The summed E-state index contributed by atoms with van der Waals surface area (Å²) in [6.45, 7) is 7.68. The van der Waals surface area contributed by atoms with Gasteiger partial charge in [0.05, 0.1) is 13.2 Å². The van der Waals surface area contributed by atoms with Gasteiger partial charge in [0.15, 0.2) is 0 Å². The van der Waals surface area contributed by atoms with Gasteiger partial charge in [-0.15, -0.1) is 0 Å². The van der Waals surface area contributed by atoms with E-state index in [2.05, 4.69) is 48.3 Å². The number of nitrogens with one attached hydrogen (secondary N) is 1. The first-order valence-corrected chi connectivity index (χ1v) is 6.90. The van der Waals surface area contributed by atoms with Crippen molar-refractivity contribution in [3.8, 4) is 0 Å². The first kappa shape index (κ1) is 15.8. The van der Waals surface area contributed by atoms with Gasteiger partial charge in [-0.3, -0.25) is 0 Å². The molecule has 1 aromatic rings. The summed E-state index contributed by atoms with van der Waals surface area (Å²) in [6, 6.07) is 8.33. The average molecular weight is 266 g/mol. The number of nitrogens with zero attached hydrogens (tertiary/aromatic N) is 1. The second-order valence-corrected chi connectivity index (χ2v) is 4.79. The Kier molecular flexibility index (Phi) is 7.30. The molecule has 0 saturated carbocycles. The van der Waals surface area contributed by atoms with Crippen molar-refractivity contribution in [1.82, 2.24) is 0 Å². The summed E-state index contributed by atoms with van der Waals surface area (Å²) in [5.74, 6) is 0.492. The Morgan fingerprint density at radius 1 is 1.32 bits per heavy atom. The van der Waals surface area contributed by atoms with E-state index in [0.29, 0.717) is 12.5 Å². The molecule has 4 nitrogen and oxygen atoms in total. The number of ether oxygens (including phenoxy) is 1. The van der Waals surface area contributed by atoms with E-state index in [-0.39, 0.29) is 6.61 Å². The molecule has 0 heterocycles. The normalized spacial score (nSPS) is 12.2. The van der Waals surface area contributed by atoms with Gasteiger partial charge in [-0.2, -0.15) is 0 Å². The average Bonchev–Trinajstić information content (AvgIpc) is 2.43. The summed E-state index contributed by atoms with van der Waals surface area (Å²) in [5, 5.41) is 12.4. The zero-order valence-electron chi connectivity index (χ0n) is 12.2. The van der Waals surface area contributed by atoms with Crippen molar-refractivity contribution >= 4 is 11.4 Å². The summed E-state index contributed by atoms with van der Waals surface area (Å²) in [4.78, 5) is 2.15. The third kappa shape index (κ3) is 5.49. The van der Waals surface area contributed by atoms with Crippen LogP contribution in [0, 0.1) is 5.92 Å². The smallest absolute Gasteiger partial charge is 0.0606 e. The molecule has 0 radical (unpaired) electrons. The fraction of sp³-hybridized carbons (Fsp3) is 0.600. The fourth-order valence-corrected chi connectivity index (χ4v) is 2.02. The molecular weight excluding hydrogens is 240 g/mol. The predicted molar refractivity (Wildman–Crippen MR) is 80.9 cm³/mol. The van der Waals surface area contributed by atoms with Crippen LogP contribution in [0.1, 0.15) is 13.8 Å². The van der Waals surface area contributed by atoms with E-state index in [1.165, 1.54) is 0 Å². The number of hydrogen-bond acceptors (Lipinski definition) is 4. The molecular formula is C15H26N2O2. The number of benzene rings is 1. The molecule has 108 valence electrons. The molecule has 1 unspecified atom stereocenters. The molecule has 2 N–H and O–H groups in total. The summed E-state index contributed by atoms with van der Waals surface area (Å²) in [7, 11) is 1.73. The van der Waals surface area contributed by atoms with Crippen LogP contribution in [0.5, 0.6) is 0 Å². The fourth-order valence-electron chi connectivity index (χ4n) is 2.02. The Hall–Kier alpha value is -1.26. The topological polar surface area (TPSA) is 44.7 Å². The molecule has 0 spiro atoms. The van der Waals surface area contributed by atoms with E-state index in [9.17, 15) is 0 Å². The van der Waals surface area contributed by atoms with Crippen LogP contribution in [0.2, 0.25) is 0 Å². The number of hydrogen-bond donors (Lipinski definition) is 2. The Labute approximate surface area is 116 Å². The van der Waals surface area contributed by atoms with E-state index < -0.39 is 0 Å². The zero-order valence-corrected chi connectivity index (χ0v) is 12.2. The number of anilines is 2. The van der Waals surface area contributed by atoms with E-state index >= 15 is 0 Å². The number of likely N-dealkylation sites (N-methyl/N-ethyl adjacent to an activating group) is 1. The molecule has 0 saturated heterocycles. The quantitative estimate of drug-likeness (QED) is 0.719. The molecule has 0 fully saturated rings. The molecule has 1 atom stereocenters. The zero-order chi connectivity index (χ0) is 14.1. The molecule has 4 heteroatoms. The van der Waals surface area contributed by atoms with Gasteiger partial charge >= 0.3 is 0 Å². The van der Waals surface area contributed by atoms with E-state index in [1.54, 1.807) is 7.11 Å². The largest absolute Gasteiger partial charge is 0.395 e. The van der Waals surface area contributed by atoms with Crippen molar-refractivity contribution in [2.24, 2.45) is 5.92 Å². The van der Waals surface area contributed by atoms with Crippen LogP contribution in [0.4, 0.5) is 11.4 Å². The molecule has 0 aromatic heterocycles. The Bertz CT molecular complexity index is 341. The highest BCUT2D eigenvalue weighted by atomic mass is 16.5. The summed E-state index contributed by atoms with van der Waals surface area (Å²) in [6.07, 6.45) is 0. The van der Waals surface area contributed by atoms with Gasteiger partial charge in [0, 0.05) is 38.1 Å². The lowest BCUT2D eigenvalue weighted by atomic mass is 10.2. The van der Waals surface area contributed by atoms with Gasteiger partial charge in [-0.1, -0.05) is 6.92 Å². The Balaban J connectivity index is 2.51. The van der Waals surface area contributed by atoms with Crippen LogP contribution in [0.15, 0.2) is 24.3 Å². The van der Waals surface area contributed by atoms with Gasteiger partial charge in [0.2, 0.25) is 0 Å². The summed E-state index contributed by atoms with van der Waals surface area (Å²) < 4.78 is 5.11. The molecule has 0 amide bonds. The monoisotopic (exact) mass is 266 g/mol. The lowest BCUT2D eigenvalue weighted by Crippen LogP contribution is -2.26. The van der Waals surface area contributed by atoms with Gasteiger partial charge in [0.25, 0.3) is 0 Å². The van der Waals surface area contributed by atoms with E-state index in [1.807, 2.05) is 0 Å². The number of aliphatic hydroxyl groups is 1. The molecule has 0 bridgehead atoms. The van der Waals surface area contributed by atoms with Crippen LogP contribution in [-0.4, -0.2) is 45.1 Å². The highest BCUT2D eigenvalue weighted by Crippen LogP contribution is 2.17. The first-order chi connectivity index (χ1) is 9.21.